The Labute approximate surface area is 132 Å². The van der Waals surface area contributed by atoms with E-state index >= 15 is 0 Å². The molecule has 0 saturated heterocycles. The topological polar surface area (TPSA) is 55.8 Å². The molecule has 1 aromatic rings. The predicted molar refractivity (Wildman–Crippen MR) is 84.3 cm³/mol. The Morgan fingerprint density at radius 1 is 1.27 bits per heavy atom. The molecule has 0 atom stereocenters. The van der Waals surface area contributed by atoms with Gasteiger partial charge in [-0.15, -0.1) is 0 Å². The lowest BCUT2D eigenvalue weighted by atomic mass is 9.78. The first-order valence-corrected chi connectivity index (χ1v) is 8.06. The molecule has 4 nitrogen and oxygen atoms in total. The molecule has 0 aromatic heterocycles. The van der Waals surface area contributed by atoms with Crippen LogP contribution < -0.4 is 0 Å². The lowest BCUT2D eigenvalue weighted by molar-refractivity contribution is -0.147. The zero-order valence-corrected chi connectivity index (χ0v) is 13.3. The molecule has 0 spiro atoms. The summed E-state index contributed by atoms with van der Waals surface area (Å²) in [6, 6.07) is 9.74. The second kappa shape index (κ2) is 8.30. The van der Waals surface area contributed by atoms with Crippen LogP contribution in [0.5, 0.6) is 0 Å². The van der Waals surface area contributed by atoms with Crippen molar-refractivity contribution >= 4 is 5.97 Å². The first kappa shape index (κ1) is 17.0. The van der Waals surface area contributed by atoms with E-state index in [1.807, 2.05) is 30.3 Å². The van der Waals surface area contributed by atoms with Crippen LogP contribution in [-0.4, -0.2) is 29.9 Å². The molecule has 1 aliphatic carbocycles. The lowest BCUT2D eigenvalue weighted by Crippen LogP contribution is -2.35. The molecular weight excluding hydrogens is 280 g/mol. The first-order valence-electron chi connectivity index (χ1n) is 8.06. The highest BCUT2D eigenvalue weighted by atomic mass is 16.5. The van der Waals surface area contributed by atoms with E-state index in [-0.39, 0.29) is 18.2 Å². The normalized spacial score (nSPS) is 24.9. The molecule has 2 rings (SSSR count). The lowest BCUT2D eigenvalue weighted by Gasteiger charge is -2.37. The third-order valence-electron chi connectivity index (χ3n) is 4.40. The zero-order valence-electron chi connectivity index (χ0n) is 13.3. The summed E-state index contributed by atoms with van der Waals surface area (Å²) in [6.07, 6.45) is 4.31. The second-order valence-electron chi connectivity index (χ2n) is 6.32. The van der Waals surface area contributed by atoms with E-state index in [2.05, 4.69) is 6.92 Å². The standard InChI is InChI=1S/C18H26O4/c1-18(22-12-11-19)9-7-15(8-10-18)13-17(20)21-14-16-5-3-2-4-6-16/h2-6,15,19H,7-14H2,1H3. The summed E-state index contributed by atoms with van der Waals surface area (Å²) in [5, 5.41) is 8.85. The van der Waals surface area contributed by atoms with Gasteiger partial charge in [-0.3, -0.25) is 4.79 Å². The molecule has 0 amide bonds. The largest absolute Gasteiger partial charge is 0.461 e. The van der Waals surface area contributed by atoms with E-state index in [1.54, 1.807) is 0 Å². The van der Waals surface area contributed by atoms with Gasteiger partial charge < -0.3 is 14.6 Å². The fourth-order valence-corrected chi connectivity index (χ4v) is 2.96. The molecule has 0 heterocycles. The van der Waals surface area contributed by atoms with Gasteiger partial charge >= 0.3 is 5.97 Å². The quantitative estimate of drug-likeness (QED) is 0.787. The van der Waals surface area contributed by atoms with Crippen LogP contribution in [0, 0.1) is 5.92 Å². The number of hydrogen-bond donors (Lipinski definition) is 1. The first-order chi connectivity index (χ1) is 10.6. The highest BCUT2D eigenvalue weighted by molar-refractivity contribution is 5.69. The zero-order chi connectivity index (χ0) is 15.8. The molecule has 1 saturated carbocycles. The molecule has 1 aliphatic rings. The van der Waals surface area contributed by atoms with E-state index < -0.39 is 0 Å². The van der Waals surface area contributed by atoms with Gasteiger partial charge in [0, 0.05) is 6.42 Å². The monoisotopic (exact) mass is 306 g/mol. The van der Waals surface area contributed by atoms with Crippen LogP contribution in [0.15, 0.2) is 30.3 Å². The van der Waals surface area contributed by atoms with E-state index in [0.717, 1.165) is 31.2 Å². The van der Waals surface area contributed by atoms with Crippen LogP contribution in [0.3, 0.4) is 0 Å². The van der Waals surface area contributed by atoms with Gasteiger partial charge in [-0.1, -0.05) is 30.3 Å². The third-order valence-corrected chi connectivity index (χ3v) is 4.40. The van der Waals surface area contributed by atoms with Crippen LogP contribution in [0.1, 0.15) is 44.6 Å². The van der Waals surface area contributed by atoms with Crippen LogP contribution in [-0.2, 0) is 20.9 Å². The van der Waals surface area contributed by atoms with Crippen molar-refractivity contribution in [2.45, 2.75) is 51.2 Å². The minimum absolute atomic E-state index is 0.0603. The number of aliphatic hydroxyl groups excluding tert-OH is 1. The Hall–Kier alpha value is -1.39. The maximum atomic E-state index is 11.9. The molecule has 1 aromatic carbocycles. The Kier molecular flexibility index (Phi) is 6.40. The summed E-state index contributed by atoms with van der Waals surface area (Å²) >= 11 is 0. The number of hydrogen-bond acceptors (Lipinski definition) is 4. The Bertz CT molecular complexity index is 449. The summed E-state index contributed by atoms with van der Waals surface area (Å²) in [5.41, 5.74) is 0.872. The molecule has 122 valence electrons. The van der Waals surface area contributed by atoms with Crippen molar-refractivity contribution in [3.05, 3.63) is 35.9 Å². The van der Waals surface area contributed by atoms with Gasteiger partial charge in [0.1, 0.15) is 6.61 Å². The van der Waals surface area contributed by atoms with Crippen molar-refractivity contribution in [2.75, 3.05) is 13.2 Å². The van der Waals surface area contributed by atoms with Crippen LogP contribution >= 0.6 is 0 Å². The van der Waals surface area contributed by atoms with Crippen molar-refractivity contribution < 1.29 is 19.4 Å². The molecule has 0 bridgehead atoms. The molecule has 1 fully saturated rings. The number of ether oxygens (including phenoxy) is 2. The summed E-state index contributed by atoms with van der Waals surface area (Å²) in [4.78, 5) is 11.9. The SMILES string of the molecule is CC1(OCCO)CCC(CC(=O)OCc2ccccc2)CC1. The molecule has 0 unspecified atom stereocenters. The average Bonchev–Trinajstić information content (AvgIpc) is 2.55. The number of esters is 1. The average molecular weight is 306 g/mol. The number of aliphatic hydroxyl groups is 1. The van der Waals surface area contributed by atoms with Gasteiger partial charge in [0.2, 0.25) is 0 Å². The summed E-state index contributed by atoms with van der Waals surface area (Å²) in [5.74, 6) is 0.266. The second-order valence-corrected chi connectivity index (χ2v) is 6.32. The molecule has 22 heavy (non-hydrogen) atoms. The van der Waals surface area contributed by atoms with E-state index in [1.165, 1.54) is 0 Å². The van der Waals surface area contributed by atoms with Gasteiger partial charge in [0.15, 0.2) is 0 Å². The van der Waals surface area contributed by atoms with E-state index in [0.29, 0.717) is 25.6 Å². The van der Waals surface area contributed by atoms with Crippen LogP contribution in [0.2, 0.25) is 0 Å². The molecule has 1 N–H and O–H groups in total. The molecule has 0 aliphatic heterocycles. The Morgan fingerprint density at radius 2 is 1.95 bits per heavy atom. The highest BCUT2D eigenvalue weighted by Crippen LogP contribution is 2.36. The smallest absolute Gasteiger partial charge is 0.306 e. The van der Waals surface area contributed by atoms with Gasteiger partial charge in [0.25, 0.3) is 0 Å². The summed E-state index contributed by atoms with van der Waals surface area (Å²) < 4.78 is 11.1. The number of rotatable bonds is 7. The maximum Gasteiger partial charge on any atom is 0.306 e. The van der Waals surface area contributed by atoms with Crippen molar-refractivity contribution in [1.29, 1.82) is 0 Å². The van der Waals surface area contributed by atoms with E-state index in [4.69, 9.17) is 14.6 Å². The number of carbonyl (C=O) groups excluding carboxylic acids is 1. The fraction of sp³-hybridized carbons (Fsp3) is 0.611. The van der Waals surface area contributed by atoms with Crippen molar-refractivity contribution in [1.82, 2.24) is 0 Å². The molecule has 0 radical (unpaired) electrons. The fourth-order valence-electron chi connectivity index (χ4n) is 2.96. The van der Waals surface area contributed by atoms with Gasteiger partial charge in [-0.2, -0.15) is 0 Å². The van der Waals surface area contributed by atoms with Crippen molar-refractivity contribution in [3.63, 3.8) is 0 Å². The minimum Gasteiger partial charge on any atom is -0.461 e. The number of benzene rings is 1. The Balaban J connectivity index is 1.68. The van der Waals surface area contributed by atoms with Gasteiger partial charge in [-0.05, 0) is 44.1 Å². The maximum absolute atomic E-state index is 11.9. The van der Waals surface area contributed by atoms with Gasteiger partial charge in [0.05, 0.1) is 18.8 Å². The van der Waals surface area contributed by atoms with Crippen LogP contribution in [0.4, 0.5) is 0 Å². The third kappa shape index (κ3) is 5.43. The molecular formula is C18H26O4. The number of carbonyl (C=O) groups is 1. The minimum atomic E-state index is -0.146. The highest BCUT2D eigenvalue weighted by Gasteiger charge is 2.32. The summed E-state index contributed by atoms with van der Waals surface area (Å²) in [7, 11) is 0. The van der Waals surface area contributed by atoms with Crippen molar-refractivity contribution in [3.8, 4) is 0 Å². The van der Waals surface area contributed by atoms with Crippen LogP contribution in [0.25, 0.3) is 0 Å². The molecule has 4 heteroatoms. The Morgan fingerprint density at radius 3 is 2.59 bits per heavy atom. The van der Waals surface area contributed by atoms with Crippen molar-refractivity contribution in [2.24, 2.45) is 5.92 Å². The van der Waals surface area contributed by atoms with E-state index in [9.17, 15) is 4.79 Å². The van der Waals surface area contributed by atoms with Gasteiger partial charge in [-0.25, -0.2) is 0 Å². The predicted octanol–water partition coefficient (Wildman–Crippen LogP) is 3.08. The summed E-state index contributed by atoms with van der Waals surface area (Å²) in [6.45, 7) is 2.89.